The standard InChI is InChI=1S/C27H32F3N5O/c1-25(2,17-31-26(3,4)19-13-9-6-10-14-19)34-24(36)20-16-32-35-22(27(28,29)30)15-21(33-23(20)35)18-11-7-5-8-12-18/h5-14,16,21-22,31,33H,15,17H2,1-4H3,(H,34,36)/t21?,22-/m0/s1. The van der Waals surface area contributed by atoms with Crippen LogP contribution in [0.2, 0.25) is 0 Å². The van der Waals surface area contributed by atoms with E-state index in [2.05, 4.69) is 34.9 Å². The molecule has 1 amide bonds. The number of rotatable bonds is 7. The number of hydrogen-bond donors (Lipinski definition) is 3. The van der Waals surface area contributed by atoms with Crippen molar-refractivity contribution >= 4 is 11.7 Å². The SMILES string of the molecule is CC(C)(CNC(C)(C)c1ccccc1)NC(=O)c1cnn2c1NC(c1ccccc1)C[C@H]2C(F)(F)F. The Hall–Kier alpha value is -3.33. The van der Waals surface area contributed by atoms with E-state index >= 15 is 0 Å². The van der Waals surface area contributed by atoms with Crippen LogP contribution in [0.15, 0.2) is 66.9 Å². The Kier molecular flexibility index (Phi) is 6.88. The third kappa shape index (κ3) is 5.56. The highest BCUT2D eigenvalue weighted by Crippen LogP contribution is 2.44. The second-order valence-electron chi connectivity index (χ2n) is 10.4. The van der Waals surface area contributed by atoms with Gasteiger partial charge in [-0.25, -0.2) is 4.68 Å². The molecule has 1 aliphatic heterocycles. The first kappa shape index (κ1) is 25.8. The summed E-state index contributed by atoms with van der Waals surface area (Å²) >= 11 is 0. The molecular formula is C27H32F3N5O. The van der Waals surface area contributed by atoms with Crippen molar-refractivity contribution in [3.05, 3.63) is 83.6 Å². The van der Waals surface area contributed by atoms with E-state index in [1.807, 2.05) is 50.2 Å². The van der Waals surface area contributed by atoms with Gasteiger partial charge in [0.2, 0.25) is 0 Å². The monoisotopic (exact) mass is 499 g/mol. The van der Waals surface area contributed by atoms with Crippen molar-refractivity contribution in [3.8, 4) is 0 Å². The molecule has 2 aromatic carbocycles. The molecule has 2 heterocycles. The molecule has 0 fully saturated rings. The molecule has 4 rings (SSSR count). The molecule has 36 heavy (non-hydrogen) atoms. The minimum atomic E-state index is -4.50. The van der Waals surface area contributed by atoms with Crippen LogP contribution in [-0.2, 0) is 5.54 Å². The number of aromatic nitrogens is 2. The number of nitrogens with one attached hydrogen (secondary N) is 3. The number of hydrogen-bond acceptors (Lipinski definition) is 4. The minimum Gasteiger partial charge on any atom is -0.363 e. The third-order valence-electron chi connectivity index (χ3n) is 6.60. The Bertz CT molecular complexity index is 1190. The zero-order valence-corrected chi connectivity index (χ0v) is 20.9. The number of benzene rings is 2. The number of carbonyl (C=O) groups excluding carboxylic acids is 1. The van der Waals surface area contributed by atoms with Crippen LogP contribution in [-0.4, -0.2) is 33.9 Å². The predicted molar refractivity (Wildman–Crippen MR) is 134 cm³/mol. The maximum Gasteiger partial charge on any atom is 0.410 e. The molecule has 6 nitrogen and oxygen atoms in total. The maximum atomic E-state index is 13.9. The lowest BCUT2D eigenvalue weighted by Gasteiger charge is -2.35. The average Bonchev–Trinajstić information content (AvgIpc) is 3.27. The van der Waals surface area contributed by atoms with E-state index in [0.717, 1.165) is 15.8 Å². The summed E-state index contributed by atoms with van der Waals surface area (Å²) in [7, 11) is 0. The van der Waals surface area contributed by atoms with Crippen LogP contribution >= 0.6 is 0 Å². The lowest BCUT2D eigenvalue weighted by Crippen LogP contribution is -2.53. The van der Waals surface area contributed by atoms with Crippen molar-refractivity contribution in [1.82, 2.24) is 20.4 Å². The molecule has 0 radical (unpaired) electrons. The van der Waals surface area contributed by atoms with Crippen molar-refractivity contribution in [2.24, 2.45) is 0 Å². The van der Waals surface area contributed by atoms with Gasteiger partial charge in [0.05, 0.1) is 12.2 Å². The topological polar surface area (TPSA) is 71.0 Å². The van der Waals surface area contributed by atoms with Crippen LogP contribution in [0.5, 0.6) is 0 Å². The fraction of sp³-hybridized carbons (Fsp3) is 0.407. The van der Waals surface area contributed by atoms with Crippen molar-refractivity contribution in [3.63, 3.8) is 0 Å². The van der Waals surface area contributed by atoms with Crippen molar-refractivity contribution in [1.29, 1.82) is 0 Å². The number of fused-ring (bicyclic) bond motifs is 1. The zero-order valence-electron chi connectivity index (χ0n) is 20.9. The molecule has 0 bridgehead atoms. The van der Waals surface area contributed by atoms with Gasteiger partial charge in [-0.2, -0.15) is 18.3 Å². The highest BCUT2D eigenvalue weighted by molar-refractivity contribution is 5.99. The van der Waals surface area contributed by atoms with Gasteiger partial charge in [0.25, 0.3) is 5.91 Å². The van der Waals surface area contributed by atoms with E-state index in [9.17, 15) is 18.0 Å². The van der Waals surface area contributed by atoms with E-state index in [1.54, 1.807) is 24.3 Å². The van der Waals surface area contributed by atoms with Crippen LogP contribution in [0.1, 0.15) is 67.7 Å². The quantitative estimate of drug-likeness (QED) is 0.397. The molecule has 3 aromatic rings. The van der Waals surface area contributed by atoms with E-state index in [-0.39, 0.29) is 23.3 Å². The van der Waals surface area contributed by atoms with E-state index < -0.39 is 29.7 Å². The summed E-state index contributed by atoms with van der Waals surface area (Å²) in [6.07, 6.45) is -3.51. The second-order valence-corrected chi connectivity index (χ2v) is 10.4. The minimum absolute atomic E-state index is 0.0725. The van der Waals surface area contributed by atoms with Gasteiger partial charge in [0.15, 0.2) is 6.04 Å². The first-order valence-electron chi connectivity index (χ1n) is 12.0. The lowest BCUT2D eigenvalue weighted by molar-refractivity contribution is -0.173. The highest BCUT2D eigenvalue weighted by Gasteiger charge is 2.47. The Balaban J connectivity index is 1.53. The Morgan fingerprint density at radius 3 is 2.25 bits per heavy atom. The number of nitrogens with zero attached hydrogens (tertiary/aromatic N) is 2. The Morgan fingerprint density at radius 2 is 1.64 bits per heavy atom. The van der Waals surface area contributed by atoms with Gasteiger partial charge >= 0.3 is 6.18 Å². The largest absolute Gasteiger partial charge is 0.410 e. The fourth-order valence-corrected chi connectivity index (χ4v) is 4.45. The molecule has 2 atom stereocenters. The summed E-state index contributed by atoms with van der Waals surface area (Å²) in [5.41, 5.74) is 0.880. The second kappa shape index (κ2) is 9.61. The molecule has 1 unspecified atom stereocenters. The molecule has 192 valence electrons. The molecule has 0 saturated carbocycles. The summed E-state index contributed by atoms with van der Waals surface area (Å²) in [5, 5.41) is 13.5. The molecule has 9 heteroatoms. The summed E-state index contributed by atoms with van der Waals surface area (Å²) in [4.78, 5) is 13.3. The van der Waals surface area contributed by atoms with Crippen LogP contribution < -0.4 is 16.0 Å². The summed E-state index contributed by atoms with van der Waals surface area (Å²) in [6.45, 7) is 8.29. The normalized spacial score (nSPS) is 18.3. The summed E-state index contributed by atoms with van der Waals surface area (Å²) in [6, 6.07) is 16.5. The van der Waals surface area contributed by atoms with Gasteiger partial charge in [0.1, 0.15) is 11.4 Å². The summed E-state index contributed by atoms with van der Waals surface area (Å²) in [5.74, 6) is -0.411. The molecule has 3 N–H and O–H groups in total. The average molecular weight is 500 g/mol. The smallest absolute Gasteiger partial charge is 0.363 e. The third-order valence-corrected chi connectivity index (χ3v) is 6.60. The number of anilines is 1. The maximum absolute atomic E-state index is 13.9. The van der Waals surface area contributed by atoms with Crippen LogP contribution in [0, 0.1) is 0 Å². The van der Waals surface area contributed by atoms with Crippen LogP contribution in [0.25, 0.3) is 0 Å². The molecule has 0 spiro atoms. The molecule has 1 aromatic heterocycles. The van der Waals surface area contributed by atoms with Gasteiger partial charge in [-0.05, 0) is 38.8 Å². The fourth-order valence-electron chi connectivity index (χ4n) is 4.45. The molecule has 0 aliphatic carbocycles. The first-order valence-corrected chi connectivity index (χ1v) is 12.0. The number of amides is 1. The summed E-state index contributed by atoms with van der Waals surface area (Å²) < 4.78 is 42.7. The van der Waals surface area contributed by atoms with E-state index in [1.165, 1.54) is 6.20 Å². The predicted octanol–water partition coefficient (Wildman–Crippen LogP) is 5.58. The first-order chi connectivity index (χ1) is 16.9. The van der Waals surface area contributed by atoms with Crippen LogP contribution in [0.4, 0.5) is 19.0 Å². The number of halogens is 3. The Labute approximate surface area is 209 Å². The highest BCUT2D eigenvalue weighted by atomic mass is 19.4. The lowest BCUT2D eigenvalue weighted by atomic mass is 9.92. The van der Waals surface area contributed by atoms with Gasteiger partial charge in [-0.3, -0.25) is 4.79 Å². The van der Waals surface area contributed by atoms with Crippen molar-refractivity contribution in [2.75, 3.05) is 11.9 Å². The van der Waals surface area contributed by atoms with Gasteiger partial charge in [-0.15, -0.1) is 0 Å². The number of alkyl halides is 3. The van der Waals surface area contributed by atoms with E-state index in [0.29, 0.717) is 6.54 Å². The number of carbonyl (C=O) groups is 1. The van der Waals surface area contributed by atoms with Gasteiger partial charge < -0.3 is 16.0 Å². The zero-order chi connectivity index (χ0) is 26.1. The van der Waals surface area contributed by atoms with Crippen molar-refractivity contribution < 1.29 is 18.0 Å². The van der Waals surface area contributed by atoms with Gasteiger partial charge in [0, 0.05) is 24.0 Å². The molecular weight excluding hydrogens is 467 g/mol. The van der Waals surface area contributed by atoms with Gasteiger partial charge in [-0.1, -0.05) is 60.7 Å². The Morgan fingerprint density at radius 1 is 1.03 bits per heavy atom. The molecule has 1 aliphatic rings. The van der Waals surface area contributed by atoms with Crippen LogP contribution in [0.3, 0.4) is 0 Å². The van der Waals surface area contributed by atoms with Crippen molar-refractivity contribution in [2.45, 2.75) is 63.5 Å². The van der Waals surface area contributed by atoms with E-state index in [4.69, 9.17) is 0 Å². The molecule has 0 saturated heterocycles.